The molecule has 2 nitrogen and oxygen atoms in total. The molecule has 2 aromatic rings. The fourth-order valence-corrected chi connectivity index (χ4v) is 2.29. The molecule has 2 heteroatoms. The van der Waals surface area contributed by atoms with Crippen LogP contribution in [0.3, 0.4) is 0 Å². The van der Waals surface area contributed by atoms with Gasteiger partial charge in [0.05, 0.1) is 0 Å². The van der Waals surface area contributed by atoms with Gasteiger partial charge in [0.15, 0.2) is 0 Å². The Kier molecular flexibility index (Phi) is 3.06. The molecule has 0 spiro atoms. The van der Waals surface area contributed by atoms with Crippen LogP contribution in [0.25, 0.3) is 0 Å². The first-order chi connectivity index (χ1) is 8.92. The minimum Gasteiger partial charge on any atom is -0.245 e. The van der Waals surface area contributed by atoms with Crippen molar-refractivity contribution in [3.05, 3.63) is 59.7 Å². The molecule has 1 aromatic heterocycles. The molecular weight excluding hydrogens is 220 g/mol. The van der Waals surface area contributed by atoms with E-state index in [4.69, 9.17) is 0 Å². The number of rotatable bonds is 0. The molecule has 0 aliphatic heterocycles. The van der Waals surface area contributed by atoms with Gasteiger partial charge in [-0.05, 0) is 37.0 Å². The van der Waals surface area contributed by atoms with Crippen molar-refractivity contribution >= 4 is 0 Å². The first-order valence-electron chi connectivity index (χ1n) is 6.26. The quantitative estimate of drug-likeness (QED) is 0.655. The third-order valence-electron chi connectivity index (χ3n) is 3.27. The van der Waals surface area contributed by atoms with E-state index in [1.807, 2.05) is 36.5 Å². The molecule has 18 heavy (non-hydrogen) atoms. The Morgan fingerprint density at radius 3 is 2.94 bits per heavy atom. The van der Waals surface area contributed by atoms with E-state index in [1.54, 1.807) is 6.33 Å². The average molecular weight is 234 g/mol. The third-order valence-corrected chi connectivity index (χ3v) is 3.27. The van der Waals surface area contributed by atoms with E-state index in [-0.39, 0.29) is 0 Å². The number of nitrogens with zero attached hydrogens (tertiary/aromatic N) is 2. The number of hydrogen-bond acceptors (Lipinski definition) is 2. The van der Waals surface area contributed by atoms with E-state index in [2.05, 4.69) is 21.8 Å². The van der Waals surface area contributed by atoms with Gasteiger partial charge in [-0.25, -0.2) is 9.97 Å². The molecule has 0 radical (unpaired) electrons. The molecule has 1 aromatic carbocycles. The number of hydrogen-bond donors (Lipinski definition) is 0. The van der Waals surface area contributed by atoms with E-state index in [1.165, 1.54) is 11.3 Å². The van der Waals surface area contributed by atoms with Gasteiger partial charge >= 0.3 is 0 Å². The second-order valence-corrected chi connectivity index (χ2v) is 4.57. The van der Waals surface area contributed by atoms with Gasteiger partial charge in [-0.3, -0.25) is 0 Å². The van der Waals surface area contributed by atoms with Gasteiger partial charge in [0.25, 0.3) is 0 Å². The lowest BCUT2D eigenvalue weighted by Crippen LogP contribution is -2.14. The van der Waals surface area contributed by atoms with Crippen LogP contribution in [-0.4, -0.2) is 9.97 Å². The molecule has 3 rings (SSSR count). The monoisotopic (exact) mass is 234 g/mol. The maximum absolute atomic E-state index is 4.31. The normalized spacial score (nSPS) is 17.4. The second kappa shape index (κ2) is 5.01. The summed E-state index contributed by atoms with van der Waals surface area (Å²) < 4.78 is 0. The summed E-state index contributed by atoms with van der Waals surface area (Å²) in [7, 11) is 0. The maximum Gasteiger partial charge on any atom is 0.115 e. The Labute approximate surface area is 107 Å². The van der Waals surface area contributed by atoms with Crippen LogP contribution in [-0.2, 0) is 12.8 Å². The van der Waals surface area contributed by atoms with Gasteiger partial charge in [0.1, 0.15) is 6.33 Å². The van der Waals surface area contributed by atoms with Crippen LogP contribution >= 0.6 is 0 Å². The topological polar surface area (TPSA) is 25.8 Å². The minimum absolute atomic E-state index is 0.434. The van der Waals surface area contributed by atoms with Gasteiger partial charge in [-0.15, -0.1) is 0 Å². The minimum atomic E-state index is 0.434. The van der Waals surface area contributed by atoms with Gasteiger partial charge in [0.2, 0.25) is 0 Å². The number of fused-ring (bicyclic) bond motifs is 1. The Morgan fingerprint density at radius 2 is 2.06 bits per heavy atom. The molecular formula is C16H14N2. The van der Waals surface area contributed by atoms with Crippen LogP contribution in [0.5, 0.6) is 0 Å². The van der Waals surface area contributed by atoms with Gasteiger partial charge in [-0.1, -0.05) is 30.0 Å². The predicted molar refractivity (Wildman–Crippen MR) is 70.9 cm³/mol. The van der Waals surface area contributed by atoms with Crippen molar-refractivity contribution in [3.63, 3.8) is 0 Å². The molecule has 0 saturated carbocycles. The molecule has 88 valence electrons. The summed E-state index contributed by atoms with van der Waals surface area (Å²) in [6.07, 6.45) is 6.67. The molecule has 0 N–H and O–H groups in total. The van der Waals surface area contributed by atoms with Crippen LogP contribution in [0.1, 0.15) is 23.2 Å². The third kappa shape index (κ3) is 2.41. The van der Waals surface area contributed by atoms with Crippen LogP contribution in [0.15, 0.2) is 42.9 Å². The lowest BCUT2D eigenvalue weighted by Gasteiger charge is -2.18. The molecule has 1 heterocycles. The SMILES string of the molecule is C(#CC1CCc2ncncc2C1)c1ccccc1. The number of aryl methyl sites for hydroxylation is 1. The Bertz CT molecular complexity index is 593. The zero-order valence-electron chi connectivity index (χ0n) is 10.1. The van der Waals surface area contributed by atoms with E-state index in [0.29, 0.717) is 5.92 Å². The van der Waals surface area contributed by atoms with Crippen LogP contribution in [0, 0.1) is 17.8 Å². The molecule has 1 aliphatic rings. The smallest absolute Gasteiger partial charge is 0.115 e. The zero-order valence-corrected chi connectivity index (χ0v) is 10.1. The van der Waals surface area contributed by atoms with Crippen molar-refractivity contribution in [1.82, 2.24) is 9.97 Å². The van der Waals surface area contributed by atoms with Crippen molar-refractivity contribution < 1.29 is 0 Å². The summed E-state index contributed by atoms with van der Waals surface area (Å²) in [6.45, 7) is 0. The van der Waals surface area contributed by atoms with Gasteiger partial charge < -0.3 is 0 Å². The molecule has 0 fully saturated rings. The maximum atomic E-state index is 4.31. The highest BCUT2D eigenvalue weighted by molar-refractivity contribution is 5.35. The van der Waals surface area contributed by atoms with E-state index < -0.39 is 0 Å². The van der Waals surface area contributed by atoms with E-state index in [9.17, 15) is 0 Å². The molecule has 0 bridgehead atoms. The van der Waals surface area contributed by atoms with Crippen molar-refractivity contribution in [2.24, 2.45) is 5.92 Å². The van der Waals surface area contributed by atoms with Crippen molar-refractivity contribution in [2.45, 2.75) is 19.3 Å². The molecule has 0 saturated heterocycles. The number of aromatic nitrogens is 2. The van der Waals surface area contributed by atoms with Gasteiger partial charge in [0, 0.05) is 23.4 Å². The van der Waals surface area contributed by atoms with Crippen LogP contribution in [0.4, 0.5) is 0 Å². The van der Waals surface area contributed by atoms with Crippen LogP contribution in [0.2, 0.25) is 0 Å². The summed E-state index contributed by atoms with van der Waals surface area (Å²) in [4.78, 5) is 8.40. The summed E-state index contributed by atoms with van der Waals surface area (Å²) >= 11 is 0. The summed E-state index contributed by atoms with van der Waals surface area (Å²) in [6, 6.07) is 10.2. The summed E-state index contributed by atoms with van der Waals surface area (Å²) in [5, 5.41) is 0. The van der Waals surface area contributed by atoms with Crippen molar-refractivity contribution in [2.75, 3.05) is 0 Å². The lowest BCUT2D eigenvalue weighted by atomic mass is 9.87. The molecule has 1 aliphatic carbocycles. The van der Waals surface area contributed by atoms with Crippen LogP contribution < -0.4 is 0 Å². The van der Waals surface area contributed by atoms with Crippen molar-refractivity contribution in [1.29, 1.82) is 0 Å². The van der Waals surface area contributed by atoms with E-state index >= 15 is 0 Å². The standard InChI is InChI=1S/C16H14N2/c1-2-4-13(5-3-1)6-7-14-8-9-16-15(10-14)11-17-12-18-16/h1-5,11-12,14H,8-10H2. The second-order valence-electron chi connectivity index (χ2n) is 4.57. The fraction of sp³-hybridized carbons (Fsp3) is 0.250. The lowest BCUT2D eigenvalue weighted by molar-refractivity contribution is 0.557. The highest BCUT2D eigenvalue weighted by Gasteiger charge is 2.17. The largest absolute Gasteiger partial charge is 0.245 e. The molecule has 0 amide bonds. The fourth-order valence-electron chi connectivity index (χ4n) is 2.29. The Balaban J connectivity index is 1.76. The Morgan fingerprint density at radius 1 is 1.17 bits per heavy atom. The number of benzene rings is 1. The zero-order chi connectivity index (χ0) is 12.2. The molecule has 1 atom stereocenters. The summed E-state index contributed by atoms with van der Waals surface area (Å²) in [5.74, 6) is 7.06. The first kappa shape index (κ1) is 11.0. The first-order valence-corrected chi connectivity index (χ1v) is 6.26. The van der Waals surface area contributed by atoms with Crippen molar-refractivity contribution in [3.8, 4) is 11.8 Å². The van der Waals surface area contributed by atoms with E-state index in [0.717, 1.165) is 24.8 Å². The molecule has 1 unspecified atom stereocenters. The highest BCUT2D eigenvalue weighted by atomic mass is 14.8. The Hall–Kier alpha value is -2.14. The average Bonchev–Trinajstić information content (AvgIpc) is 2.46. The highest BCUT2D eigenvalue weighted by Crippen LogP contribution is 2.22. The summed E-state index contributed by atoms with van der Waals surface area (Å²) in [5.41, 5.74) is 3.55. The predicted octanol–water partition coefficient (Wildman–Crippen LogP) is 2.63. The van der Waals surface area contributed by atoms with Gasteiger partial charge in [-0.2, -0.15) is 0 Å².